The van der Waals surface area contributed by atoms with Gasteiger partial charge in [-0.05, 0) is 50.8 Å². The van der Waals surface area contributed by atoms with E-state index in [1.54, 1.807) is 7.11 Å². The predicted octanol–water partition coefficient (Wildman–Crippen LogP) is 3.04. The van der Waals surface area contributed by atoms with E-state index in [9.17, 15) is 4.79 Å². The fraction of sp³-hybridized carbons (Fsp3) is 0.316. The number of aryl methyl sites for hydroxylation is 1. The standard InChI is InChI=1S/C19H24N2O2/c1-14-6-5-7-16(12-14)19(22)20-13-18(21(2)3)15-8-10-17(23-4)11-9-15/h5-12,18H,13H2,1-4H3,(H,20,22). The minimum atomic E-state index is -0.0472. The van der Waals surface area contributed by atoms with Gasteiger partial charge in [-0.3, -0.25) is 4.79 Å². The number of hydrogen-bond donors (Lipinski definition) is 1. The van der Waals surface area contributed by atoms with Crippen LogP contribution in [0.2, 0.25) is 0 Å². The summed E-state index contributed by atoms with van der Waals surface area (Å²) < 4.78 is 5.19. The third kappa shape index (κ3) is 4.57. The highest BCUT2D eigenvalue weighted by molar-refractivity contribution is 5.94. The molecule has 4 heteroatoms. The summed E-state index contributed by atoms with van der Waals surface area (Å²) >= 11 is 0. The number of rotatable bonds is 6. The summed E-state index contributed by atoms with van der Waals surface area (Å²) in [6, 6.07) is 15.7. The largest absolute Gasteiger partial charge is 0.497 e. The molecule has 0 fully saturated rings. The Balaban J connectivity index is 2.06. The number of hydrogen-bond acceptors (Lipinski definition) is 3. The molecule has 0 radical (unpaired) electrons. The first kappa shape index (κ1) is 17.0. The van der Waals surface area contributed by atoms with E-state index in [1.807, 2.05) is 69.6 Å². The van der Waals surface area contributed by atoms with Crippen LogP contribution in [0.1, 0.15) is 27.5 Å². The molecule has 0 aliphatic rings. The molecule has 4 nitrogen and oxygen atoms in total. The molecule has 2 aromatic rings. The Labute approximate surface area is 138 Å². The molecule has 0 bridgehead atoms. The molecule has 0 aliphatic heterocycles. The fourth-order valence-corrected chi connectivity index (χ4v) is 2.50. The third-order valence-corrected chi connectivity index (χ3v) is 3.86. The zero-order valence-corrected chi connectivity index (χ0v) is 14.2. The van der Waals surface area contributed by atoms with Crippen LogP contribution in [-0.4, -0.2) is 38.6 Å². The molecule has 1 N–H and O–H groups in total. The Bertz CT molecular complexity index is 651. The normalized spacial score (nSPS) is 12.0. The van der Waals surface area contributed by atoms with Crippen molar-refractivity contribution in [3.63, 3.8) is 0 Å². The van der Waals surface area contributed by atoms with Gasteiger partial charge in [0.15, 0.2) is 0 Å². The highest BCUT2D eigenvalue weighted by Crippen LogP contribution is 2.20. The zero-order valence-electron chi connectivity index (χ0n) is 14.2. The van der Waals surface area contributed by atoms with Gasteiger partial charge in [0.05, 0.1) is 13.2 Å². The second kappa shape index (κ2) is 7.79. The lowest BCUT2D eigenvalue weighted by atomic mass is 10.1. The highest BCUT2D eigenvalue weighted by atomic mass is 16.5. The molecule has 0 aromatic heterocycles. The number of nitrogens with zero attached hydrogens (tertiary/aromatic N) is 1. The van der Waals surface area contributed by atoms with Gasteiger partial charge in [0.2, 0.25) is 0 Å². The minimum absolute atomic E-state index is 0.0472. The third-order valence-electron chi connectivity index (χ3n) is 3.86. The van der Waals surface area contributed by atoms with Crippen LogP contribution in [0, 0.1) is 6.92 Å². The van der Waals surface area contributed by atoms with Crippen LogP contribution in [0.5, 0.6) is 5.75 Å². The second-order valence-electron chi connectivity index (χ2n) is 5.83. The first-order chi connectivity index (χ1) is 11.0. The van der Waals surface area contributed by atoms with Crippen LogP contribution >= 0.6 is 0 Å². The Morgan fingerprint density at radius 2 is 1.87 bits per heavy atom. The second-order valence-corrected chi connectivity index (χ2v) is 5.83. The molecule has 0 heterocycles. The van der Waals surface area contributed by atoms with Crippen LogP contribution in [-0.2, 0) is 0 Å². The van der Waals surface area contributed by atoms with Crippen molar-refractivity contribution in [1.82, 2.24) is 10.2 Å². The van der Waals surface area contributed by atoms with E-state index in [0.717, 1.165) is 16.9 Å². The van der Waals surface area contributed by atoms with Gasteiger partial charge in [-0.15, -0.1) is 0 Å². The summed E-state index contributed by atoms with van der Waals surface area (Å²) in [5.41, 5.74) is 2.91. The number of likely N-dealkylation sites (N-methyl/N-ethyl adjacent to an activating group) is 1. The van der Waals surface area contributed by atoms with Crippen LogP contribution in [0.25, 0.3) is 0 Å². The molecular formula is C19H24N2O2. The SMILES string of the molecule is COc1ccc(C(CNC(=O)c2cccc(C)c2)N(C)C)cc1. The quantitative estimate of drug-likeness (QED) is 0.891. The van der Waals surface area contributed by atoms with Crippen LogP contribution in [0.4, 0.5) is 0 Å². The molecule has 0 spiro atoms. The molecule has 1 unspecified atom stereocenters. The maximum atomic E-state index is 12.3. The van der Waals surface area contributed by atoms with Crippen LogP contribution in [0.3, 0.4) is 0 Å². The molecule has 1 amide bonds. The number of ether oxygens (including phenoxy) is 1. The zero-order chi connectivity index (χ0) is 16.8. The Hall–Kier alpha value is -2.33. The molecule has 0 aliphatic carbocycles. The summed E-state index contributed by atoms with van der Waals surface area (Å²) in [5, 5.41) is 3.02. The van der Waals surface area contributed by atoms with E-state index in [-0.39, 0.29) is 11.9 Å². The molecule has 0 saturated heterocycles. The van der Waals surface area contributed by atoms with E-state index in [2.05, 4.69) is 10.2 Å². The van der Waals surface area contributed by atoms with Gasteiger partial charge in [0, 0.05) is 12.1 Å². The Kier molecular flexibility index (Phi) is 5.77. The molecule has 23 heavy (non-hydrogen) atoms. The van der Waals surface area contributed by atoms with Crippen LogP contribution in [0.15, 0.2) is 48.5 Å². The van der Waals surface area contributed by atoms with Gasteiger partial charge in [0.25, 0.3) is 5.91 Å². The summed E-state index contributed by atoms with van der Waals surface area (Å²) in [4.78, 5) is 14.4. The summed E-state index contributed by atoms with van der Waals surface area (Å²) in [7, 11) is 5.67. The molecule has 0 saturated carbocycles. The van der Waals surface area contributed by atoms with Gasteiger partial charge in [0.1, 0.15) is 5.75 Å². The number of benzene rings is 2. The molecular weight excluding hydrogens is 288 g/mol. The molecule has 1 atom stereocenters. The summed E-state index contributed by atoms with van der Waals surface area (Å²) in [5.74, 6) is 0.782. The lowest BCUT2D eigenvalue weighted by molar-refractivity contribution is 0.0942. The van der Waals surface area contributed by atoms with Crippen molar-refractivity contribution in [2.75, 3.05) is 27.7 Å². The van der Waals surface area contributed by atoms with E-state index < -0.39 is 0 Å². The first-order valence-corrected chi connectivity index (χ1v) is 7.66. The lowest BCUT2D eigenvalue weighted by Gasteiger charge is -2.25. The van der Waals surface area contributed by atoms with Crippen molar-refractivity contribution in [2.24, 2.45) is 0 Å². The van der Waals surface area contributed by atoms with Crippen molar-refractivity contribution in [3.05, 3.63) is 65.2 Å². The van der Waals surface area contributed by atoms with Crippen molar-refractivity contribution in [3.8, 4) is 5.75 Å². The average molecular weight is 312 g/mol. The van der Waals surface area contributed by atoms with E-state index in [0.29, 0.717) is 12.1 Å². The van der Waals surface area contributed by atoms with Gasteiger partial charge < -0.3 is 15.0 Å². The monoisotopic (exact) mass is 312 g/mol. The van der Waals surface area contributed by atoms with E-state index in [1.165, 1.54) is 0 Å². The lowest BCUT2D eigenvalue weighted by Crippen LogP contribution is -2.34. The maximum absolute atomic E-state index is 12.3. The van der Waals surface area contributed by atoms with Crippen LogP contribution < -0.4 is 10.1 Å². The number of carbonyl (C=O) groups excluding carboxylic acids is 1. The van der Waals surface area contributed by atoms with E-state index in [4.69, 9.17) is 4.74 Å². The number of methoxy groups -OCH3 is 1. The molecule has 2 rings (SSSR count). The average Bonchev–Trinajstić information content (AvgIpc) is 2.55. The van der Waals surface area contributed by atoms with E-state index >= 15 is 0 Å². The van der Waals surface area contributed by atoms with Crippen molar-refractivity contribution < 1.29 is 9.53 Å². The van der Waals surface area contributed by atoms with Crippen molar-refractivity contribution in [1.29, 1.82) is 0 Å². The molecule has 2 aromatic carbocycles. The first-order valence-electron chi connectivity index (χ1n) is 7.66. The number of carbonyl (C=O) groups is 1. The van der Waals surface area contributed by atoms with Gasteiger partial charge in [-0.1, -0.05) is 29.8 Å². The van der Waals surface area contributed by atoms with Gasteiger partial charge in [-0.25, -0.2) is 0 Å². The maximum Gasteiger partial charge on any atom is 0.251 e. The smallest absolute Gasteiger partial charge is 0.251 e. The summed E-state index contributed by atoms with van der Waals surface area (Å²) in [6.45, 7) is 2.53. The highest BCUT2D eigenvalue weighted by Gasteiger charge is 2.16. The van der Waals surface area contributed by atoms with Crippen molar-refractivity contribution in [2.45, 2.75) is 13.0 Å². The number of amides is 1. The fourth-order valence-electron chi connectivity index (χ4n) is 2.50. The Morgan fingerprint density at radius 3 is 2.43 bits per heavy atom. The molecule has 122 valence electrons. The number of nitrogens with one attached hydrogen (secondary N) is 1. The topological polar surface area (TPSA) is 41.6 Å². The predicted molar refractivity (Wildman–Crippen MR) is 92.9 cm³/mol. The van der Waals surface area contributed by atoms with Gasteiger partial charge in [-0.2, -0.15) is 0 Å². The Morgan fingerprint density at radius 1 is 1.17 bits per heavy atom. The van der Waals surface area contributed by atoms with Gasteiger partial charge >= 0.3 is 0 Å². The summed E-state index contributed by atoms with van der Waals surface area (Å²) in [6.07, 6.45) is 0. The van der Waals surface area contributed by atoms with Crippen molar-refractivity contribution >= 4 is 5.91 Å². The minimum Gasteiger partial charge on any atom is -0.497 e.